The molecule has 1 fully saturated rings. The average Bonchev–Trinajstić information content (AvgIpc) is 2.67. The fraction of sp³-hybridized carbons (Fsp3) is 0.417. The molecule has 0 aliphatic carbocycles. The van der Waals surface area contributed by atoms with Crippen LogP contribution >= 0.6 is 0 Å². The van der Waals surface area contributed by atoms with Gasteiger partial charge in [0.15, 0.2) is 0 Å². The van der Waals surface area contributed by atoms with Crippen LogP contribution in [0.2, 0.25) is 0 Å². The summed E-state index contributed by atoms with van der Waals surface area (Å²) < 4.78 is 0. The third kappa shape index (κ3) is 4.61. The molecular weight excluding hydrogens is 348 g/mol. The molecule has 1 atom stereocenters. The number of amides is 2. The number of likely N-dealkylation sites (tertiary alicyclic amines) is 1. The number of nitrogens with one attached hydrogen (secondary N) is 1. The molecule has 4 nitrogen and oxygen atoms in total. The number of hydrogen-bond acceptors (Lipinski definition) is 2. The minimum absolute atomic E-state index is 0.00877. The second-order valence-corrected chi connectivity index (χ2v) is 8.83. The molecule has 0 saturated carbocycles. The number of hydrogen-bond donors (Lipinski definition) is 1. The molecule has 4 heteroatoms. The first kappa shape index (κ1) is 20.1. The molecule has 1 saturated heterocycles. The highest BCUT2D eigenvalue weighted by atomic mass is 16.2. The number of carbonyl (C=O) groups excluding carboxylic acids is 2. The monoisotopic (exact) mass is 378 g/mol. The van der Waals surface area contributed by atoms with E-state index < -0.39 is 0 Å². The second kappa shape index (κ2) is 8.17. The van der Waals surface area contributed by atoms with E-state index in [9.17, 15) is 9.59 Å². The maximum absolute atomic E-state index is 13.0. The molecule has 0 bridgehead atoms. The van der Waals surface area contributed by atoms with Crippen molar-refractivity contribution in [3.63, 3.8) is 0 Å². The summed E-state index contributed by atoms with van der Waals surface area (Å²) >= 11 is 0. The van der Waals surface area contributed by atoms with Gasteiger partial charge < -0.3 is 10.2 Å². The summed E-state index contributed by atoms with van der Waals surface area (Å²) in [6, 6.07) is 14.9. The van der Waals surface area contributed by atoms with Crippen molar-refractivity contribution >= 4 is 17.5 Å². The molecule has 1 N–H and O–H groups in total. The molecule has 28 heavy (non-hydrogen) atoms. The van der Waals surface area contributed by atoms with Crippen molar-refractivity contribution in [3.8, 4) is 0 Å². The summed E-state index contributed by atoms with van der Waals surface area (Å²) in [5, 5.41) is 2.93. The number of anilines is 1. The van der Waals surface area contributed by atoms with Gasteiger partial charge in [0, 0.05) is 18.7 Å². The Morgan fingerprint density at radius 1 is 1.04 bits per heavy atom. The van der Waals surface area contributed by atoms with Crippen molar-refractivity contribution in [1.82, 2.24) is 4.90 Å². The average molecular weight is 379 g/mol. The largest absolute Gasteiger partial charge is 0.338 e. The summed E-state index contributed by atoms with van der Waals surface area (Å²) in [5.41, 5.74) is 2.92. The Morgan fingerprint density at radius 3 is 2.36 bits per heavy atom. The Balaban J connectivity index is 1.77. The van der Waals surface area contributed by atoms with Crippen LogP contribution in [0.5, 0.6) is 0 Å². The lowest BCUT2D eigenvalue weighted by molar-refractivity contribution is 0.0684. The molecule has 0 radical (unpaired) electrons. The van der Waals surface area contributed by atoms with Crippen LogP contribution in [-0.4, -0.2) is 29.8 Å². The molecule has 1 aliphatic heterocycles. The van der Waals surface area contributed by atoms with E-state index in [1.165, 1.54) is 5.56 Å². The zero-order valence-corrected chi connectivity index (χ0v) is 17.3. The Labute approximate surface area is 167 Å². The predicted molar refractivity (Wildman–Crippen MR) is 114 cm³/mol. The SMILES string of the molecule is C[C@@H]1CCCN(C(=O)c2ccccc2NC(=O)c2ccc(C(C)(C)C)cc2)C1. The lowest BCUT2D eigenvalue weighted by Crippen LogP contribution is -2.39. The van der Waals surface area contributed by atoms with Crippen molar-refractivity contribution in [3.05, 3.63) is 65.2 Å². The van der Waals surface area contributed by atoms with Gasteiger partial charge in [-0.05, 0) is 54.0 Å². The van der Waals surface area contributed by atoms with Crippen LogP contribution in [0.3, 0.4) is 0 Å². The molecule has 148 valence electrons. The van der Waals surface area contributed by atoms with Gasteiger partial charge in [0.1, 0.15) is 0 Å². The molecule has 0 aromatic heterocycles. The van der Waals surface area contributed by atoms with Gasteiger partial charge in [-0.15, -0.1) is 0 Å². The number of para-hydroxylation sites is 1. The molecule has 2 aromatic carbocycles. The zero-order chi connectivity index (χ0) is 20.3. The first-order valence-corrected chi connectivity index (χ1v) is 10.1. The molecule has 1 heterocycles. The molecule has 2 amide bonds. The van der Waals surface area contributed by atoms with Crippen LogP contribution in [0.1, 0.15) is 66.8 Å². The summed E-state index contributed by atoms with van der Waals surface area (Å²) in [6.45, 7) is 10.2. The highest BCUT2D eigenvalue weighted by Crippen LogP contribution is 2.24. The normalized spacial score (nSPS) is 17.3. The van der Waals surface area contributed by atoms with Crippen LogP contribution < -0.4 is 5.32 Å². The van der Waals surface area contributed by atoms with E-state index in [1.807, 2.05) is 41.3 Å². The number of piperidine rings is 1. The van der Waals surface area contributed by atoms with Gasteiger partial charge in [-0.1, -0.05) is 52.0 Å². The lowest BCUT2D eigenvalue weighted by Gasteiger charge is -2.31. The fourth-order valence-electron chi connectivity index (χ4n) is 3.64. The molecule has 3 rings (SSSR count). The maximum atomic E-state index is 13.0. The van der Waals surface area contributed by atoms with Gasteiger partial charge >= 0.3 is 0 Å². The maximum Gasteiger partial charge on any atom is 0.255 e. The number of rotatable bonds is 3. The van der Waals surface area contributed by atoms with Crippen LogP contribution in [0.15, 0.2) is 48.5 Å². The van der Waals surface area contributed by atoms with Crippen molar-refractivity contribution in [2.24, 2.45) is 5.92 Å². The van der Waals surface area contributed by atoms with E-state index in [2.05, 4.69) is 33.0 Å². The second-order valence-electron chi connectivity index (χ2n) is 8.83. The van der Waals surface area contributed by atoms with E-state index >= 15 is 0 Å². The van der Waals surface area contributed by atoms with Gasteiger partial charge in [-0.3, -0.25) is 9.59 Å². The molecule has 0 unspecified atom stereocenters. The number of carbonyl (C=O) groups is 2. The minimum atomic E-state index is -0.201. The summed E-state index contributed by atoms with van der Waals surface area (Å²) in [4.78, 5) is 27.7. The Bertz CT molecular complexity index is 850. The Morgan fingerprint density at radius 2 is 1.71 bits per heavy atom. The highest BCUT2D eigenvalue weighted by molar-refractivity contribution is 6.09. The van der Waals surface area contributed by atoms with E-state index in [4.69, 9.17) is 0 Å². The van der Waals surface area contributed by atoms with Crippen LogP contribution in [0.25, 0.3) is 0 Å². The molecule has 2 aromatic rings. The van der Waals surface area contributed by atoms with E-state index in [1.54, 1.807) is 12.1 Å². The van der Waals surface area contributed by atoms with E-state index in [0.717, 1.165) is 25.9 Å². The Hall–Kier alpha value is -2.62. The standard InChI is InChI=1S/C24H30N2O2/c1-17-8-7-15-26(16-17)23(28)20-9-5-6-10-21(20)25-22(27)18-11-13-19(14-12-18)24(2,3)4/h5-6,9-14,17H,7-8,15-16H2,1-4H3,(H,25,27)/t17-/m1/s1. The van der Waals surface area contributed by atoms with Gasteiger partial charge in [0.05, 0.1) is 11.3 Å². The highest BCUT2D eigenvalue weighted by Gasteiger charge is 2.24. The molecule has 0 spiro atoms. The third-order valence-electron chi connectivity index (χ3n) is 5.36. The molecule has 1 aliphatic rings. The lowest BCUT2D eigenvalue weighted by atomic mass is 9.86. The minimum Gasteiger partial charge on any atom is -0.338 e. The number of benzene rings is 2. The van der Waals surface area contributed by atoms with E-state index in [0.29, 0.717) is 22.7 Å². The first-order valence-electron chi connectivity index (χ1n) is 10.1. The summed E-state index contributed by atoms with van der Waals surface area (Å²) in [7, 11) is 0. The van der Waals surface area contributed by atoms with Gasteiger partial charge in [0.2, 0.25) is 0 Å². The quantitative estimate of drug-likeness (QED) is 0.807. The van der Waals surface area contributed by atoms with Crippen LogP contribution in [-0.2, 0) is 5.41 Å². The van der Waals surface area contributed by atoms with Gasteiger partial charge in [0.25, 0.3) is 11.8 Å². The number of nitrogens with zero attached hydrogens (tertiary/aromatic N) is 1. The fourth-order valence-corrected chi connectivity index (χ4v) is 3.64. The first-order chi connectivity index (χ1) is 13.3. The summed E-state index contributed by atoms with van der Waals surface area (Å²) in [5.74, 6) is 0.305. The molecular formula is C24H30N2O2. The van der Waals surface area contributed by atoms with Crippen molar-refractivity contribution in [1.29, 1.82) is 0 Å². The summed E-state index contributed by atoms with van der Waals surface area (Å²) in [6.07, 6.45) is 2.19. The third-order valence-corrected chi connectivity index (χ3v) is 5.36. The smallest absolute Gasteiger partial charge is 0.255 e. The van der Waals surface area contributed by atoms with Gasteiger partial charge in [-0.25, -0.2) is 0 Å². The van der Waals surface area contributed by atoms with Gasteiger partial charge in [-0.2, -0.15) is 0 Å². The van der Waals surface area contributed by atoms with Crippen LogP contribution in [0, 0.1) is 5.92 Å². The predicted octanol–water partition coefficient (Wildman–Crippen LogP) is 5.11. The topological polar surface area (TPSA) is 49.4 Å². The van der Waals surface area contributed by atoms with Crippen molar-refractivity contribution in [2.75, 3.05) is 18.4 Å². The Kier molecular flexibility index (Phi) is 5.87. The zero-order valence-electron chi connectivity index (χ0n) is 17.3. The van der Waals surface area contributed by atoms with Crippen LogP contribution in [0.4, 0.5) is 5.69 Å². The van der Waals surface area contributed by atoms with E-state index in [-0.39, 0.29) is 17.2 Å². The van der Waals surface area contributed by atoms with Crippen molar-refractivity contribution in [2.45, 2.75) is 46.0 Å². The van der Waals surface area contributed by atoms with Crippen molar-refractivity contribution < 1.29 is 9.59 Å².